The molecule has 0 spiro atoms. The van der Waals surface area contributed by atoms with Crippen LogP contribution in [0, 0.1) is 0 Å². The third-order valence-corrected chi connectivity index (χ3v) is 1.64. The second-order valence-corrected chi connectivity index (χ2v) is 3.14. The molecule has 0 saturated heterocycles. The highest BCUT2D eigenvalue weighted by atomic mass is 32.1. The van der Waals surface area contributed by atoms with E-state index in [1.807, 2.05) is 0 Å². The van der Waals surface area contributed by atoms with Gasteiger partial charge in [0.1, 0.15) is 0 Å². The van der Waals surface area contributed by atoms with Crippen LogP contribution in [-0.2, 0) is 0 Å². The Labute approximate surface area is 91.0 Å². The van der Waals surface area contributed by atoms with Crippen molar-refractivity contribution >= 4 is 23.5 Å². The molecule has 15 heavy (non-hydrogen) atoms. The van der Waals surface area contributed by atoms with Crippen LogP contribution in [0.25, 0.3) is 0 Å². The van der Waals surface area contributed by atoms with E-state index in [2.05, 4.69) is 22.7 Å². The number of nitrogens with zero attached hydrogens (tertiary/aromatic N) is 1. The summed E-state index contributed by atoms with van der Waals surface area (Å²) in [5.74, 6) is 0. The monoisotopic (exact) mass is 229 g/mol. The molecule has 1 aromatic carbocycles. The first kappa shape index (κ1) is 11.5. The highest BCUT2D eigenvalue weighted by Gasteiger charge is 2.05. The lowest BCUT2D eigenvalue weighted by molar-refractivity contribution is 0.151. The van der Waals surface area contributed by atoms with E-state index in [9.17, 15) is 8.78 Å². The zero-order valence-corrected chi connectivity index (χ0v) is 8.47. The maximum atomic E-state index is 12.3. The van der Waals surface area contributed by atoms with Gasteiger partial charge >= 0.3 is 0 Å². The van der Waals surface area contributed by atoms with Gasteiger partial charge in [-0.05, 0) is 23.8 Å². The summed E-state index contributed by atoms with van der Waals surface area (Å²) in [5.41, 5.74) is 7.96. The molecule has 0 atom stereocenters. The summed E-state index contributed by atoms with van der Waals surface area (Å²) < 4.78 is 24.6. The van der Waals surface area contributed by atoms with Crippen molar-refractivity contribution in [2.45, 2.75) is 6.43 Å². The average Bonchev–Trinajstić information content (AvgIpc) is 2.17. The largest absolute Gasteiger partial charge is 0.375 e. The number of nitrogens with two attached hydrogens (primary N) is 1. The lowest BCUT2D eigenvalue weighted by Gasteiger charge is -2.00. The van der Waals surface area contributed by atoms with Gasteiger partial charge in [0.2, 0.25) is 0 Å². The minimum atomic E-state index is -2.48. The summed E-state index contributed by atoms with van der Waals surface area (Å²) in [7, 11) is 0. The Morgan fingerprint density at radius 1 is 1.53 bits per heavy atom. The van der Waals surface area contributed by atoms with Crippen molar-refractivity contribution in [2.75, 3.05) is 0 Å². The molecular formula is C9H9F2N3S. The number of hydrogen-bond acceptors (Lipinski definition) is 2. The predicted molar refractivity (Wildman–Crippen MR) is 58.9 cm³/mol. The first-order valence-corrected chi connectivity index (χ1v) is 4.47. The Hall–Kier alpha value is -1.56. The third kappa shape index (κ3) is 3.99. The van der Waals surface area contributed by atoms with E-state index in [0.29, 0.717) is 5.56 Å². The van der Waals surface area contributed by atoms with Crippen molar-refractivity contribution in [3.05, 3.63) is 35.4 Å². The minimum Gasteiger partial charge on any atom is -0.375 e. The van der Waals surface area contributed by atoms with Gasteiger partial charge in [-0.3, -0.25) is 5.43 Å². The van der Waals surface area contributed by atoms with Gasteiger partial charge < -0.3 is 5.73 Å². The van der Waals surface area contributed by atoms with Crippen LogP contribution in [-0.4, -0.2) is 11.3 Å². The summed E-state index contributed by atoms with van der Waals surface area (Å²) in [5, 5.41) is 3.68. The number of hydrogen-bond donors (Lipinski definition) is 2. The van der Waals surface area contributed by atoms with E-state index >= 15 is 0 Å². The zero-order valence-electron chi connectivity index (χ0n) is 7.65. The first-order valence-electron chi connectivity index (χ1n) is 4.06. The van der Waals surface area contributed by atoms with Gasteiger partial charge in [-0.2, -0.15) is 5.10 Å². The second kappa shape index (κ2) is 5.35. The van der Waals surface area contributed by atoms with Crippen LogP contribution in [0.4, 0.5) is 8.78 Å². The minimum absolute atomic E-state index is 0.0243. The number of thiocarbonyl (C=S) groups is 1. The van der Waals surface area contributed by atoms with Crippen LogP contribution >= 0.6 is 12.2 Å². The van der Waals surface area contributed by atoms with Crippen LogP contribution in [0.1, 0.15) is 17.6 Å². The topological polar surface area (TPSA) is 50.4 Å². The quantitative estimate of drug-likeness (QED) is 0.472. The predicted octanol–water partition coefficient (Wildman–Crippen LogP) is 1.79. The molecule has 0 saturated carbocycles. The van der Waals surface area contributed by atoms with Gasteiger partial charge in [0, 0.05) is 5.56 Å². The third-order valence-electron chi connectivity index (χ3n) is 1.55. The summed E-state index contributed by atoms with van der Waals surface area (Å²) >= 11 is 4.51. The Morgan fingerprint density at radius 3 is 2.87 bits per heavy atom. The Balaban J connectivity index is 2.73. The Kier molecular flexibility index (Phi) is 4.11. The first-order chi connectivity index (χ1) is 7.09. The number of benzene rings is 1. The van der Waals surface area contributed by atoms with Gasteiger partial charge in [0.15, 0.2) is 5.11 Å². The van der Waals surface area contributed by atoms with Crippen LogP contribution in [0.3, 0.4) is 0 Å². The average molecular weight is 229 g/mol. The molecule has 0 bridgehead atoms. The molecule has 0 aliphatic heterocycles. The highest BCUT2D eigenvalue weighted by molar-refractivity contribution is 7.80. The normalized spacial score (nSPS) is 10.9. The van der Waals surface area contributed by atoms with Gasteiger partial charge in [-0.1, -0.05) is 18.2 Å². The Morgan fingerprint density at radius 2 is 2.27 bits per heavy atom. The number of halogens is 2. The van der Waals surface area contributed by atoms with E-state index < -0.39 is 6.43 Å². The number of alkyl halides is 2. The van der Waals surface area contributed by atoms with Crippen LogP contribution in [0.2, 0.25) is 0 Å². The molecule has 1 rings (SSSR count). The molecular weight excluding hydrogens is 220 g/mol. The van der Waals surface area contributed by atoms with Crippen LogP contribution in [0.5, 0.6) is 0 Å². The number of hydrazone groups is 1. The fraction of sp³-hybridized carbons (Fsp3) is 0.111. The molecule has 80 valence electrons. The summed E-state index contributed by atoms with van der Waals surface area (Å²) in [6.45, 7) is 0. The van der Waals surface area contributed by atoms with E-state index in [1.54, 1.807) is 6.07 Å². The highest BCUT2D eigenvalue weighted by Crippen LogP contribution is 2.18. The smallest absolute Gasteiger partial charge is 0.263 e. The molecule has 3 N–H and O–H groups in total. The molecule has 0 radical (unpaired) electrons. The summed E-state index contributed by atoms with van der Waals surface area (Å²) in [6, 6.07) is 5.87. The molecule has 0 fully saturated rings. The van der Waals surface area contributed by atoms with Crippen molar-refractivity contribution in [3.63, 3.8) is 0 Å². The van der Waals surface area contributed by atoms with Crippen molar-refractivity contribution in [3.8, 4) is 0 Å². The lowest BCUT2D eigenvalue weighted by Crippen LogP contribution is -2.23. The van der Waals surface area contributed by atoms with Gasteiger partial charge in [0.05, 0.1) is 6.21 Å². The van der Waals surface area contributed by atoms with Crippen LogP contribution in [0.15, 0.2) is 29.4 Å². The molecule has 0 aromatic heterocycles. The van der Waals surface area contributed by atoms with E-state index in [4.69, 9.17) is 5.73 Å². The maximum Gasteiger partial charge on any atom is 0.263 e. The molecule has 0 heterocycles. The van der Waals surface area contributed by atoms with Crippen LogP contribution < -0.4 is 11.2 Å². The van der Waals surface area contributed by atoms with E-state index in [-0.39, 0.29) is 10.7 Å². The molecule has 3 nitrogen and oxygen atoms in total. The SMILES string of the molecule is NC(=S)NN=Cc1cccc(C(F)F)c1. The van der Waals surface area contributed by atoms with Crippen molar-refractivity contribution < 1.29 is 8.78 Å². The molecule has 0 amide bonds. The molecule has 0 aliphatic rings. The number of rotatable bonds is 3. The van der Waals surface area contributed by atoms with Gasteiger partial charge in [-0.25, -0.2) is 8.78 Å². The fourth-order valence-electron chi connectivity index (χ4n) is 0.945. The Bertz CT molecular complexity index is 379. The van der Waals surface area contributed by atoms with Gasteiger partial charge in [0.25, 0.3) is 6.43 Å². The van der Waals surface area contributed by atoms with E-state index in [1.165, 1.54) is 24.4 Å². The van der Waals surface area contributed by atoms with Gasteiger partial charge in [-0.15, -0.1) is 0 Å². The zero-order chi connectivity index (χ0) is 11.3. The summed E-state index contributed by atoms with van der Waals surface area (Å²) in [4.78, 5) is 0. The number of nitrogens with one attached hydrogen (secondary N) is 1. The lowest BCUT2D eigenvalue weighted by atomic mass is 10.1. The second-order valence-electron chi connectivity index (χ2n) is 2.71. The maximum absolute atomic E-state index is 12.3. The van der Waals surface area contributed by atoms with Crippen molar-refractivity contribution in [1.82, 2.24) is 5.43 Å². The van der Waals surface area contributed by atoms with E-state index in [0.717, 1.165) is 0 Å². The summed E-state index contributed by atoms with van der Waals surface area (Å²) in [6.07, 6.45) is -1.12. The molecule has 0 unspecified atom stereocenters. The standard InChI is InChI=1S/C9H9F2N3S/c10-8(11)7-3-1-2-6(4-7)5-13-14-9(12)15/h1-5,8H,(H3,12,14,15). The molecule has 0 aliphatic carbocycles. The molecule has 6 heteroatoms. The van der Waals surface area contributed by atoms with Crippen molar-refractivity contribution in [2.24, 2.45) is 10.8 Å². The van der Waals surface area contributed by atoms with Crippen molar-refractivity contribution in [1.29, 1.82) is 0 Å². The fourth-order valence-corrected chi connectivity index (χ4v) is 0.998. The molecule has 1 aromatic rings.